The lowest BCUT2D eigenvalue weighted by Gasteiger charge is -2.23. The molecule has 26 heavy (non-hydrogen) atoms. The van der Waals surface area contributed by atoms with E-state index < -0.39 is 0 Å². The zero-order valence-corrected chi connectivity index (χ0v) is 15.4. The molecule has 0 atom stereocenters. The number of carbonyl (C=O) groups excluding carboxylic acids is 2. The molecule has 1 fully saturated rings. The molecular formula is C20H24N4O2. The van der Waals surface area contributed by atoms with Gasteiger partial charge in [0.1, 0.15) is 5.82 Å². The maximum absolute atomic E-state index is 12.6. The summed E-state index contributed by atoms with van der Waals surface area (Å²) in [5, 5.41) is 0. The van der Waals surface area contributed by atoms with Gasteiger partial charge < -0.3 is 9.80 Å². The van der Waals surface area contributed by atoms with Crippen LogP contribution < -0.4 is 9.80 Å². The van der Waals surface area contributed by atoms with Crippen LogP contribution in [-0.4, -0.2) is 47.7 Å². The summed E-state index contributed by atoms with van der Waals surface area (Å²) in [4.78, 5) is 38.8. The molecule has 0 bridgehead atoms. The zero-order valence-electron chi connectivity index (χ0n) is 15.4. The van der Waals surface area contributed by atoms with Gasteiger partial charge in [0.25, 0.3) is 0 Å². The van der Waals surface area contributed by atoms with Crippen LogP contribution in [-0.2, 0) is 9.59 Å². The molecule has 1 aromatic heterocycles. The van der Waals surface area contributed by atoms with Crippen molar-refractivity contribution in [3.05, 3.63) is 34.6 Å². The third-order valence-corrected chi connectivity index (χ3v) is 5.76. The first-order valence-electron chi connectivity index (χ1n) is 9.38. The highest BCUT2D eigenvalue weighted by molar-refractivity contribution is 6.24. The van der Waals surface area contributed by atoms with Crippen LogP contribution in [0.15, 0.2) is 34.6 Å². The molecule has 0 amide bonds. The van der Waals surface area contributed by atoms with Gasteiger partial charge in [0, 0.05) is 54.7 Å². The van der Waals surface area contributed by atoms with Crippen LogP contribution in [0.4, 0.5) is 11.8 Å². The molecule has 3 heterocycles. The van der Waals surface area contributed by atoms with Crippen LogP contribution >= 0.6 is 0 Å². The number of aromatic nitrogens is 2. The molecule has 0 N–H and O–H groups in total. The van der Waals surface area contributed by atoms with E-state index >= 15 is 0 Å². The van der Waals surface area contributed by atoms with Crippen LogP contribution in [0.25, 0.3) is 0 Å². The van der Waals surface area contributed by atoms with E-state index in [-0.39, 0.29) is 11.6 Å². The maximum Gasteiger partial charge on any atom is 0.227 e. The van der Waals surface area contributed by atoms with E-state index in [1.807, 2.05) is 6.07 Å². The van der Waals surface area contributed by atoms with Gasteiger partial charge in [-0.2, -0.15) is 4.98 Å². The predicted octanol–water partition coefficient (Wildman–Crippen LogP) is 2.46. The summed E-state index contributed by atoms with van der Waals surface area (Å²) in [6, 6.07) is 1.92. The topological polar surface area (TPSA) is 66.4 Å². The second kappa shape index (κ2) is 6.67. The molecule has 0 saturated carbocycles. The summed E-state index contributed by atoms with van der Waals surface area (Å²) in [6.07, 6.45) is 5.36. The molecule has 4 rings (SSSR count). The average Bonchev–Trinajstić information content (AvgIpc) is 3.11. The van der Waals surface area contributed by atoms with E-state index in [2.05, 4.69) is 14.8 Å². The third kappa shape index (κ3) is 2.83. The van der Waals surface area contributed by atoms with Crippen molar-refractivity contribution in [2.24, 2.45) is 0 Å². The van der Waals surface area contributed by atoms with E-state index in [4.69, 9.17) is 4.98 Å². The van der Waals surface area contributed by atoms with Crippen LogP contribution in [0, 0.1) is 0 Å². The molecule has 6 nitrogen and oxygen atoms in total. The third-order valence-electron chi connectivity index (χ3n) is 5.76. The quantitative estimate of drug-likeness (QED) is 0.762. The maximum atomic E-state index is 12.6. The van der Waals surface area contributed by atoms with Crippen molar-refractivity contribution >= 4 is 23.3 Å². The summed E-state index contributed by atoms with van der Waals surface area (Å²) < 4.78 is 0. The van der Waals surface area contributed by atoms with Crippen LogP contribution in [0.5, 0.6) is 0 Å². The molecule has 0 unspecified atom stereocenters. The number of anilines is 2. The van der Waals surface area contributed by atoms with Gasteiger partial charge in [0.15, 0.2) is 11.6 Å². The van der Waals surface area contributed by atoms with Gasteiger partial charge in [0.2, 0.25) is 5.95 Å². The number of ketones is 2. The smallest absolute Gasteiger partial charge is 0.227 e. The number of nitrogens with zero attached hydrogens (tertiary/aromatic N) is 4. The molecule has 136 valence electrons. The van der Waals surface area contributed by atoms with E-state index in [0.717, 1.165) is 24.9 Å². The fourth-order valence-electron chi connectivity index (χ4n) is 4.02. The Labute approximate surface area is 153 Å². The number of Topliss-reactive ketones (excluding diaryl/α,β-unsaturated/α-hetero) is 2. The fraction of sp³-hybridized carbons (Fsp3) is 0.500. The van der Waals surface area contributed by atoms with Crippen molar-refractivity contribution in [2.75, 3.05) is 36.0 Å². The Morgan fingerprint density at radius 1 is 0.846 bits per heavy atom. The van der Waals surface area contributed by atoms with Gasteiger partial charge in [0.05, 0.1) is 0 Å². The summed E-state index contributed by atoms with van der Waals surface area (Å²) in [7, 11) is 0. The highest BCUT2D eigenvalue weighted by Gasteiger charge is 2.32. The van der Waals surface area contributed by atoms with E-state index in [0.29, 0.717) is 48.2 Å². The lowest BCUT2D eigenvalue weighted by Crippen LogP contribution is -2.27. The Morgan fingerprint density at radius 3 is 2.00 bits per heavy atom. The molecule has 3 aliphatic rings. The van der Waals surface area contributed by atoms with Crippen LogP contribution in [0.2, 0.25) is 0 Å². The summed E-state index contributed by atoms with van der Waals surface area (Å²) >= 11 is 0. The van der Waals surface area contributed by atoms with Gasteiger partial charge in [-0.15, -0.1) is 0 Å². The minimum atomic E-state index is 0.0411. The second-order valence-electron chi connectivity index (χ2n) is 7.26. The Bertz CT molecular complexity index is 796. The lowest BCUT2D eigenvalue weighted by molar-refractivity contribution is -0.116. The van der Waals surface area contributed by atoms with Crippen molar-refractivity contribution in [1.82, 2.24) is 9.97 Å². The van der Waals surface area contributed by atoms with E-state index in [9.17, 15) is 9.59 Å². The highest BCUT2D eigenvalue weighted by Crippen LogP contribution is 2.31. The van der Waals surface area contributed by atoms with Crippen LogP contribution in [0.1, 0.15) is 39.5 Å². The number of allylic oxidation sites excluding steroid dienone is 2. The monoisotopic (exact) mass is 352 g/mol. The van der Waals surface area contributed by atoms with E-state index in [1.165, 1.54) is 12.8 Å². The van der Waals surface area contributed by atoms with Gasteiger partial charge >= 0.3 is 0 Å². The normalized spacial score (nSPS) is 21.5. The molecule has 0 spiro atoms. The van der Waals surface area contributed by atoms with Gasteiger partial charge in [-0.1, -0.05) is 0 Å². The molecule has 1 aromatic rings. The van der Waals surface area contributed by atoms with Gasteiger partial charge in [-0.25, -0.2) is 4.98 Å². The average molecular weight is 352 g/mol. The van der Waals surface area contributed by atoms with Crippen molar-refractivity contribution in [2.45, 2.75) is 39.5 Å². The number of hydrogen-bond donors (Lipinski definition) is 0. The van der Waals surface area contributed by atoms with Crippen molar-refractivity contribution in [3.8, 4) is 0 Å². The fourth-order valence-corrected chi connectivity index (χ4v) is 4.02. The van der Waals surface area contributed by atoms with Crippen molar-refractivity contribution in [1.29, 1.82) is 0 Å². The molecule has 0 radical (unpaired) electrons. The molecule has 1 aliphatic carbocycles. The SMILES string of the molecule is CC1=C(C)C(=O)C2=C(CCN(c3ccnc(N4CCCC4)n3)CC2)C1=O. The number of rotatable bonds is 2. The van der Waals surface area contributed by atoms with Gasteiger partial charge in [-0.3, -0.25) is 9.59 Å². The Hall–Kier alpha value is -2.50. The Balaban J connectivity index is 1.55. The predicted molar refractivity (Wildman–Crippen MR) is 100 cm³/mol. The van der Waals surface area contributed by atoms with Crippen molar-refractivity contribution < 1.29 is 9.59 Å². The summed E-state index contributed by atoms with van der Waals surface area (Å²) in [6.45, 7) is 6.92. The first kappa shape index (κ1) is 16.9. The minimum absolute atomic E-state index is 0.0411. The van der Waals surface area contributed by atoms with Crippen LogP contribution in [0.3, 0.4) is 0 Å². The first-order chi connectivity index (χ1) is 12.6. The molecule has 0 aromatic carbocycles. The highest BCUT2D eigenvalue weighted by atomic mass is 16.1. The molecular weight excluding hydrogens is 328 g/mol. The number of hydrogen-bond acceptors (Lipinski definition) is 6. The summed E-state index contributed by atoms with van der Waals surface area (Å²) in [5.41, 5.74) is 2.60. The molecule has 1 saturated heterocycles. The summed E-state index contributed by atoms with van der Waals surface area (Å²) in [5.74, 6) is 1.74. The van der Waals surface area contributed by atoms with Crippen molar-refractivity contribution in [3.63, 3.8) is 0 Å². The lowest BCUT2D eigenvalue weighted by atomic mass is 9.83. The second-order valence-corrected chi connectivity index (χ2v) is 7.26. The Kier molecular flexibility index (Phi) is 4.34. The minimum Gasteiger partial charge on any atom is -0.356 e. The Morgan fingerprint density at radius 2 is 1.42 bits per heavy atom. The van der Waals surface area contributed by atoms with Gasteiger partial charge in [-0.05, 0) is 45.6 Å². The molecule has 6 heteroatoms. The zero-order chi connectivity index (χ0) is 18.3. The molecule has 2 aliphatic heterocycles. The number of carbonyl (C=O) groups is 2. The standard InChI is InChI=1S/C20H24N4O2/c1-13-14(2)19(26)16-7-12-23(11-6-15(16)18(13)25)17-5-8-21-20(22-17)24-9-3-4-10-24/h5,8H,3-4,6-7,9-12H2,1-2H3. The largest absolute Gasteiger partial charge is 0.356 e. The first-order valence-corrected chi connectivity index (χ1v) is 9.38. The van der Waals surface area contributed by atoms with E-state index in [1.54, 1.807) is 20.0 Å².